The molecule has 0 saturated carbocycles. The molecule has 1 aromatic heterocycles. The van der Waals surface area contributed by atoms with Gasteiger partial charge in [0.2, 0.25) is 0 Å². The molecule has 1 heterocycles. The summed E-state index contributed by atoms with van der Waals surface area (Å²) in [6.07, 6.45) is 16.6. The van der Waals surface area contributed by atoms with Crippen molar-refractivity contribution in [3.8, 4) is 0 Å². The quantitative estimate of drug-likeness (QED) is 0.326. The lowest BCUT2D eigenvalue weighted by molar-refractivity contribution is 0.588. The number of allylic oxidation sites excluding steroid dienone is 1. The van der Waals surface area contributed by atoms with Crippen LogP contribution in [0.4, 0.5) is 0 Å². The number of hydrogen-bond donors (Lipinski definition) is 0. The summed E-state index contributed by atoms with van der Waals surface area (Å²) in [5, 5.41) is 0. The van der Waals surface area contributed by atoms with Crippen LogP contribution in [0.15, 0.2) is 55.3 Å². The Morgan fingerprint density at radius 3 is 1.42 bits per heavy atom. The second-order valence-electron chi connectivity index (χ2n) is 10.6. The standard InChI is InChI=1S/C11H16.C10H15N.C5H12.2C4H10.C3H6/c1-3-7-11-9-6-5-8-10(11)4-2;1-8-7-9(5-6-11-8)10(2,3)4;1-3-5-4-2;2*1-3-4-2;1-3-2/h5-6,8-9H,3-4,7H2,1-2H3;5-7H,1-4H3;3-5H2,1-2H3;2*3-4H2,1-2H3;3H,1H2,2H3. The van der Waals surface area contributed by atoms with Crippen LogP contribution in [0.1, 0.15) is 157 Å². The monoisotopic (exact) mass is 528 g/mol. The van der Waals surface area contributed by atoms with Gasteiger partial charge in [-0.3, -0.25) is 4.98 Å². The highest BCUT2D eigenvalue weighted by Crippen LogP contribution is 2.21. The minimum absolute atomic E-state index is 0.244. The zero-order chi connectivity index (χ0) is 30.2. The second-order valence-corrected chi connectivity index (χ2v) is 10.6. The molecule has 1 nitrogen and oxygen atoms in total. The van der Waals surface area contributed by atoms with Crippen molar-refractivity contribution in [2.75, 3.05) is 0 Å². The molecule has 0 bridgehead atoms. The Morgan fingerprint density at radius 1 is 0.711 bits per heavy atom. The van der Waals surface area contributed by atoms with Crippen LogP contribution in [-0.2, 0) is 18.3 Å². The number of aryl methyl sites for hydroxylation is 3. The van der Waals surface area contributed by atoms with Crippen molar-refractivity contribution in [2.24, 2.45) is 0 Å². The van der Waals surface area contributed by atoms with Crippen LogP contribution in [0, 0.1) is 6.92 Å². The third kappa shape index (κ3) is 32.1. The molecule has 0 N–H and O–H groups in total. The van der Waals surface area contributed by atoms with E-state index < -0.39 is 0 Å². The zero-order valence-corrected chi connectivity index (χ0v) is 28.3. The molecule has 0 amide bonds. The molecular formula is C37H69N. The first-order chi connectivity index (χ1) is 18.0. The van der Waals surface area contributed by atoms with E-state index in [2.05, 4.69) is 124 Å². The topological polar surface area (TPSA) is 12.9 Å². The summed E-state index contributed by atoms with van der Waals surface area (Å²) in [5.74, 6) is 0. The summed E-state index contributed by atoms with van der Waals surface area (Å²) in [7, 11) is 0. The van der Waals surface area contributed by atoms with Crippen molar-refractivity contribution in [2.45, 2.75) is 160 Å². The van der Waals surface area contributed by atoms with Crippen LogP contribution in [0.5, 0.6) is 0 Å². The maximum atomic E-state index is 4.15. The molecule has 1 aromatic carbocycles. The Labute approximate surface area is 242 Å². The van der Waals surface area contributed by atoms with Gasteiger partial charge in [-0.2, -0.15) is 0 Å². The normalized spacial score (nSPS) is 9.29. The molecule has 0 spiro atoms. The Kier molecular flexibility index (Phi) is 37.6. The van der Waals surface area contributed by atoms with Crippen LogP contribution in [-0.4, -0.2) is 4.98 Å². The SMILES string of the molecule is C=CC.CCCC.CCCC.CCCCC.CCCc1ccccc1CC.Cc1cc(C(C)(C)C)ccn1. The molecular weight excluding hydrogens is 458 g/mol. The van der Waals surface area contributed by atoms with E-state index in [4.69, 9.17) is 0 Å². The fraction of sp³-hybridized carbons (Fsp3) is 0.649. The lowest BCUT2D eigenvalue weighted by Gasteiger charge is -2.18. The van der Waals surface area contributed by atoms with Crippen LogP contribution >= 0.6 is 0 Å². The smallest absolute Gasteiger partial charge is 0.0375 e. The van der Waals surface area contributed by atoms with Crippen molar-refractivity contribution in [3.63, 3.8) is 0 Å². The van der Waals surface area contributed by atoms with Gasteiger partial charge in [-0.15, -0.1) is 6.58 Å². The maximum absolute atomic E-state index is 4.15. The zero-order valence-electron chi connectivity index (χ0n) is 28.3. The van der Waals surface area contributed by atoms with Gasteiger partial charge >= 0.3 is 0 Å². The summed E-state index contributed by atoms with van der Waals surface area (Å²) in [5.41, 5.74) is 5.72. The molecule has 0 saturated heterocycles. The first-order valence-corrected chi connectivity index (χ1v) is 15.6. The van der Waals surface area contributed by atoms with E-state index in [0.29, 0.717) is 0 Å². The summed E-state index contributed by atoms with van der Waals surface area (Å²) in [6, 6.07) is 12.9. The Balaban J connectivity index is -0.000000199. The van der Waals surface area contributed by atoms with Crippen LogP contribution in [0.3, 0.4) is 0 Å². The molecule has 2 aromatic rings. The molecule has 222 valence electrons. The number of benzene rings is 1. The highest BCUT2D eigenvalue weighted by atomic mass is 14.6. The van der Waals surface area contributed by atoms with E-state index in [1.54, 1.807) is 6.08 Å². The number of nitrogens with zero attached hydrogens (tertiary/aromatic N) is 1. The Morgan fingerprint density at radius 2 is 1.16 bits per heavy atom. The predicted octanol–water partition coefficient (Wildman–Crippen LogP) is 12.9. The largest absolute Gasteiger partial charge is 0.262 e. The molecule has 1 heteroatoms. The second kappa shape index (κ2) is 33.1. The number of aromatic nitrogens is 1. The molecule has 38 heavy (non-hydrogen) atoms. The van der Waals surface area contributed by atoms with E-state index in [0.717, 1.165) is 12.1 Å². The molecule has 0 aliphatic rings. The highest BCUT2D eigenvalue weighted by molar-refractivity contribution is 5.27. The van der Waals surface area contributed by atoms with Crippen LogP contribution < -0.4 is 0 Å². The van der Waals surface area contributed by atoms with Gasteiger partial charge in [-0.1, -0.05) is 158 Å². The Bertz CT molecular complexity index is 699. The van der Waals surface area contributed by atoms with Gasteiger partial charge in [0, 0.05) is 11.9 Å². The molecule has 0 unspecified atom stereocenters. The van der Waals surface area contributed by atoms with Gasteiger partial charge in [-0.25, -0.2) is 0 Å². The minimum Gasteiger partial charge on any atom is -0.262 e. The van der Waals surface area contributed by atoms with Crippen molar-refractivity contribution in [1.29, 1.82) is 0 Å². The highest BCUT2D eigenvalue weighted by Gasteiger charge is 2.12. The third-order valence-corrected chi connectivity index (χ3v) is 5.49. The number of unbranched alkanes of at least 4 members (excludes halogenated alkanes) is 4. The first-order valence-electron chi connectivity index (χ1n) is 15.6. The van der Waals surface area contributed by atoms with Crippen molar-refractivity contribution < 1.29 is 0 Å². The van der Waals surface area contributed by atoms with Gasteiger partial charge < -0.3 is 0 Å². The maximum Gasteiger partial charge on any atom is 0.0375 e. The van der Waals surface area contributed by atoms with E-state index >= 15 is 0 Å². The number of rotatable bonds is 7. The van der Waals surface area contributed by atoms with Crippen LogP contribution in [0.25, 0.3) is 0 Å². The van der Waals surface area contributed by atoms with Crippen molar-refractivity contribution in [3.05, 3.63) is 77.6 Å². The van der Waals surface area contributed by atoms with Crippen LogP contribution in [0.2, 0.25) is 0 Å². The summed E-state index contributed by atoms with van der Waals surface area (Å²) in [4.78, 5) is 4.15. The van der Waals surface area contributed by atoms with E-state index in [1.807, 2.05) is 20.0 Å². The van der Waals surface area contributed by atoms with Gasteiger partial charge in [-0.05, 0) is 60.9 Å². The summed E-state index contributed by atoms with van der Waals surface area (Å²) < 4.78 is 0. The summed E-state index contributed by atoms with van der Waals surface area (Å²) in [6.45, 7) is 31.5. The third-order valence-electron chi connectivity index (χ3n) is 5.49. The lowest BCUT2D eigenvalue weighted by atomic mass is 9.87. The molecule has 0 aliphatic heterocycles. The molecule has 0 fully saturated rings. The molecule has 0 radical (unpaired) electrons. The summed E-state index contributed by atoms with van der Waals surface area (Å²) >= 11 is 0. The number of hydrogen-bond acceptors (Lipinski definition) is 1. The molecule has 0 aliphatic carbocycles. The van der Waals surface area contributed by atoms with Gasteiger partial charge in [0.1, 0.15) is 0 Å². The van der Waals surface area contributed by atoms with E-state index in [-0.39, 0.29) is 5.41 Å². The fourth-order valence-corrected chi connectivity index (χ4v) is 2.78. The van der Waals surface area contributed by atoms with Gasteiger partial charge in [0.05, 0.1) is 0 Å². The average molecular weight is 528 g/mol. The number of pyridine rings is 1. The Hall–Kier alpha value is -1.89. The first kappa shape index (κ1) is 43.2. The van der Waals surface area contributed by atoms with Gasteiger partial charge in [0.25, 0.3) is 0 Å². The predicted molar refractivity (Wildman–Crippen MR) is 180 cm³/mol. The van der Waals surface area contributed by atoms with E-state index in [9.17, 15) is 0 Å². The van der Waals surface area contributed by atoms with Gasteiger partial charge in [0.15, 0.2) is 0 Å². The minimum atomic E-state index is 0.244. The van der Waals surface area contributed by atoms with E-state index in [1.165, 1.54) is 74.5 Å². The van der Waals surface area contributed by atoms with Crippen molar-refractivity contribution >= 4 is 0 Å². The molecule has 2 rings (SSSR count). The lowest BCUT2D eigenvalue weighted by Crippen LogP contribution is -2.11. The van der Waals surface area contributed by atoms with Crippen molar-refractivity contribution in [1.82, 2.24) is 4.98 Å². The fourth-order valence-electron chi connectivity index (χ4n) is 2.78. The average Bonchev–Trinajstić information content (AvgIpc) is 2.91. The molecule has 0 atom stereocenters.